The van der Waals surface area contributed by atoms with E-state index in [4.69, 9.17) is 23.7 Å². The predicted octanol–water partition coefficient (Wildman–Crippen LogP) is 7.71. The molecule has 0 aromatic carbocycles. The van der Waals surface area contributed by atoms with Gasteiger partial charge in [-0.25, -0.2) is 9.48 Å². The molecule has 2 bridgehead atoms. The number of amides is 1. The highest BCUT2D eigenvalue weighted by molar-refractivity contribution is 6.39. The van der Waals surface area contributed by atoms with Crippen LogP contribution < -0.4 is 0 Å². The third-order valence-electron chi connectivity index (χ3n) is 16.3. The number of allylic oxidation sites excluding steroid dienone is 6. The van der Waals surface area contributed by atoms with Crippen LogP contribution in [0.25, 0.3) is 11.4 Å². The summed E-state index contributed by atoms with van der Waals surface area (Å²) < 4.78 is 32.0. The fourth-order valence-corrected chi connectivity index (χ4v) is 11.5. The minimum atomic E-state index is -2.44. The Hall–Kier alpha value is -5.04. The number of piperidine rings is 1. The van der Waals surface area contributed by atoms with Crippen LogP contribution in [0.1, 0.15) is 132 Å². The van der Waals surface area contributed by atoms with Gasteiger partial charge in [-0.15, -0.1) is 5.10 Å². The Morgan fingerprint density at radius 3 is 2.35 bits per heavy atom. The molecule has 15 atom stereocenters. The zero-order valence-corrected chi connectivity index (χ0v) is 45.8. The Bertz CT molecular complexity index is 2380. The zero-order chi connectivity index (χ0) is 54.6. The number of pyridine rings is 1. The number of aromatic nitrogens is 4. The number of aliphatic hydroxyl groups is 2. The molecule has 1 saturated carbocycles. The van der Waals surface area contributed by atoms with Crippen molar-refractivity contribution >= 4 is 29.2 Å². The van der Waals surface area contributed by atoms with Gasteiger partial charge in [-0.05, 0) is 119 Å². The first-order chi connectivity index (χ1) is 35.8. The van der Waals surface area contributed by atoms with Crippen molar-refractivity contribution in [1.82, 2.24) is 24.9 Å². The number of fused-ring (bicyclic) bond motifs is 3. The Balaban J connectivity index is 1.28. The molecule has 412 valence electrons. The van der Waals surface area contributed by atoms with Crippen LogP contribution >= 0.6 is 0 Å². The molecule has 0 radical (unpaired) electrons. The molecular formula is C58H83N5O12. The maximum Gasteiger partial charge on any atom is 0.329 e. The first-order valence-corrected chi connectivity index (χ1v) is 27.1. The molecule has 1 aliphatic carbocycles. The van der Waals surface area contributed by atoms with Gasteiger partial charge in [0.2, 0.25) is 5.79 Å². The van der Waals surface area contributed by atoms with E-state index in [0.29, 0.717) is 68.3 Å². The minimum absolute atomic E-state index is 0.0115. The van der Waals surface area contributed by atoms with E-state index in [-0.39, 0.29) is 60.9 Å². The van der Waals surface area contributed by atoms with Gasteiger partial charge in [-0.1, -0.05) is 82.4 Å². The third kappa shape index (κ3) is 14.9. The quantitative estimate of drug-likeness (QED) is 0.147. The molecule has 3 aliphatic heterocycles. The largest absolute Gasteiger partial charge is 0.460 e. The fourth-order valence-electron chi connectivity index (χ4n) is 11.5. The van der Waals surface area contributed by atoms with E-state index in [0.717, 1.165) is 18.4 Å². The molecule has 2 saturated heterocycles. The number of nitrogens with zero attached hydrogens (tertiary/aromatic N) is 5. The SMILES string of the molecule is CO[C@H]1C[C@@H]2CC[C@@H](C)[C@@](O)(O2)C(=O)C(=O)N2CCCC[C@H]2C(=O)O[C@H]([C@H](C)C[C@@H]2CC[C@H](n3cc(-c4ccccn4)nn3)[C@H](OC)C2)CC(=O)[C@H](C)/C=C(\C)[C@@H](O)[C@@H](OC)C(=O)[C@H](C)C[C@H](C)/C=C/C=C/C=C/1C. The normalized spacial score (nSPS) is 36.6. The zero-order valence-electron chi connectivity index (χ0n) is 45.8. The van der Waals surface area contributed by atoms with Crippen LogP contribution in [0.5, 0.6) is 0 Å². The second-order valence-electron chi connectivity index (χ2n) is 21.9. The number of methoxy groups -OCH3 is 3. The number of ketones is 3. The molecule has 6 rings (SSSR count). The van der Waals surface area contributed by atoms with Crippen molar-refractivity contribution in [3.8, 4) is 11.4 Å². The second kappa shape index (κ2) is 27.3. The van der Waals surface area contributed by atoms with Crippen LogP contribution in [-0.4, -0.2) is 141 Å². The molecule has 2 aromatic heterocycles. The smallest absolute Gasteiger partial charge is 0.329 e. The molecule has 17 heteroatoms. The summed E-state index contributed by atoms with van der Waals surface area (Å²) in [4.78, 5) is 77.2. The number of carbonyl (C=O) groups excluding carboxylic acids is 5. The number of rotatable bonds is 8. The summed E-state index contributed by atoms with van der Waals surface area (Å²) in [6.07, 6.45) is 15.8. The number of hydrogen-bond acceptors (Lipinski definition) is 15. The van der Waals surface area contributed by atoms with Gasteiger partial charge < -0.3 is 38.8 Å². The van der Waals surface area contributed by atoms with Crippen LogP contribution in [0.2, 0.25) is 0 Å². The molecule has 75 heavy (non-hydrogen) atoms. The van der Waals surface area contributed by atoms with Crippen LogP contribution in [0.15, 0.2) is 78.2 Å². The lowest BCUT2D eigenvalue weighted by Gasteiger charge is -2.42. The fraction of sp³-hybridized carbons (Fsp3) is 0.655. The number of esters is 1. The van der Waals surface area contributed by atoms with Crippen molar-refractivity contribution in [2.75, 3.05) is 27.9 Å². The molecule has 0 unspecified atom stereocenters. The third-order valence-corrected chi connectivity index (χ3v) is 16.3. The Morgan fingerprint density at radius 2 is 1.64 bits per heavy atom. The highest BCUT2D eigenvalue weighted by atomic mass is 16.6. The highest BCUT2D eigenvalue weighted by Gasteiger charge is 2.53. The Labute approximate surface area is 443 Å². The standard InChI is InChI=1S/C58H83N5O12/c1-35-18-12-11-13-19-36(2)49(71-8)32-43-24-22-41(7)58(70,75-43)55(67)56(68)62-27-17-15-21-47(62)57(69)74-50(33-48(64)37(3)29-40(6)53(66)54(73-10)52(65)39(5)28-35)38(4)30-42-23-25-46(51(31-42)72-9)63-34-45(60-61-63)44-20-14-16-26-59-44/h11-14,16,18-20,26,29,34-35,37-39,41-43,46-47,49-51,53-54,66,70H,15,17,21-25,27-28,30-33H2,1-10H3/b13-11+,18-12+,36-19+,40-29+/t35-,37-,38-,39-,41-,42+,43+,46+,47+,49+,50+,51-,53-,54+,58-/m1/s1. The molecule has 5 heterocycles. The number of Topliss-reactive ketones (excluding diaryl/α,β-unsaturated/α-hetero) is 3. The maximum absolute atomic E-state index is 14.6. The van der Waals surface area contributed by atoms with Crippen molar-refractivity contribution in [2.24, 2.45) is 35.5 Å². The molecule has 17 nitrogen and oxygen atoms in total. The number of ether oxygens (including phenoxy) is 5. The number of hydrogen-bond donors (Lipinski definition) is 2. The maximum atomic E-state index is 14.6. The van der Waals surface area contributed by atoms with Gasteiger partial charge in [-0.3, -0.25) is 24.2 Å². The first kappa shape index (κ1) is 59.2. The van der Waals surface area contributed by atoms with Crippen LogP contribution in [0, 0.1) is 35.5 Å². The summed E-state index contributed by atoms with van der Waals surface area (Å²) in [6.45, 7) is 12.8. The van der Waals surface area contributed by atoms with Crippen molar-refractivity contribution in [1.29, 1.82) is 0 Å². The van der Waals surface area contributed by atoms with Gasteiger partial charge in [0.1, 0.15) is 35.8 Å². The lowest BCUT2D eigenvalue weighted by atomic mass is 9.77. The predicted molar refractivity (Wildman–Crippen MR) is 281 cm³/mol. The van der Waals surface area contributed by atoms with Gasteiger partial charge >= 0.3 is 5.97 Å². The number of cyclic esters (lactones) is 1. The number of aliphatic hydroxyl groups excluding tert-OH is 1. The number of carbonyl (C=O) groups is 5. The highest BCUT2D eigenvalue weighted by Crippen LogP contribution is 2.40. The summed E-state index contributed by atoms with van der Waals surface area (Å²) >= 11 is 0. The van der Waals surface area contributed by atoms with Crippen LogP contribution in [0.4, 0.5) is 0 Å². The summed E-state index contributed by atoms with van der Waals surface area (Å²) in [5.41, 5.74) is 2.64. The summed E-state index contributed by atoms with van der Waals surface area (Å²) in [5.74, 6) is -8.02. The molecule has 2 N–H and O–H groups in total. The summed E-state index contributed by atoms with van der Waals surface area (Å²) in [5, 5.41) is 32.4. The van der Waals surface area contributed by atoms with E-state index in [1.165, 1.54) is 12.0 Å². The summed E-state index contributed by atoms with van der Waals surface area (Å²) in [6, 6.07) is 4.38. The Morgan fingerprint density at radius 1 is 0.867 bits per heavy atom. The van der Waals surface area contributed by atoms with Gasteiger partial charge in [0.05, 0.1) is 36.2 Å². The van der Waals surface area contributed by atoms with Crippen molar-refractivity contribution in [2.45, 2.75) is 180 Å². The van der Waals surface area contributed by atoms with E-state index in [1.807, 2.05) is 87.2 Å². The van der Waals surface area contributed by atoms with Crippen LogP contribution in [-0.2, 0) is 47.7 Å². The topological polar surface area (TPSA) is 219 Å². The average molecular weight is 1040 g/mol. The van der Waals surface area contributed by atoms with E-state index in [9.17, 15) is 34.2 Å². The first-order valence-electron chi connectivity index (χ1n) is 27.1. The van der Waals surface area contributed by atoms with Crippen molar-refractivity contribution < 1.29 is 57.9 Å². The molecule has 4 aliphatic rings. The minimum Gasteiger partial charge on any atom is -0.460 e. The lowest BCUT2D eigenvalue weighted by molar-refractivity contribution is -0.265. The van der Waals surface area contributed by atoms with Crippen molar-refractivity contribution in [3.63, 3.8) is 0 Å². The van der Waals surface area contributed by atoms with E-state index >= 15 is 0 Å². The van der Waals surface area contributed by atoms with Crippen LogP contribution in [0.3, 0.4) is 0 Å². The lowest BCUT2D eigenvalue weighted by Crippen LogP contribution is -2.61. The second-order valence-corrected chi connectivity index (χ2v) is 21.9. The Kier molecular flexibility index (Phi) is 21.6. The van der Waals surface area contributed by atoms with Gasteiger partial charge in [0.25, 0.3) is 11.7 Å². The van der Waals surface area contributed by atoms with E-state index < -0.39 is 77.8 Å². The van der Waals surface area contributed by atoms with Gasteiger partial charge in [-0.2, -0.15) is 0 Å². The van der Waals surface area contributed by atoms with Crippen molar-refractivity contribution in [3.05, 3.63) is 78.2 Å². The molecule has 3 fully saturated rings. The monoisotopic (exact) mass is 1040 g/mol. The van der Waals surface area contributed by atoms with E-state index in [2.05, 4.69) is 15.3 Å². The molecule has 2 aromatic rings. The summed E-state index contributed by atoms with van der Waals surface area (Å²) in [7, 11) is 4.64. The van der Waals surface area contributed by atoms with E-state index in [1.54, 1.807) is 47.3 Å². The van der Waals surface area contributed by atoms with Gasteiger partial charge in [0, 0.05) is 64.7 Å². The molecule has 1 amide bonds. The van der Waals surface area contributed by atoms with Gasteiger partial charge in [0.15, 0.2) is 5.78 Å². The molecule has 0 spiro atoms. The molecular weight excluding hydrogens is 959 g/mol. The average Bonchev–Trinajstić information content (AvgIpc) is 3.90.